The van der Waals surface area contributed by atoms with Crippen molar-refractivity contribution in [2.75, 3.05) is 0 Å². The van der Waals surface area contributed by atoms with Crippen LogP contribution in [0.4, 0.5) is 0 Å². The molecule has 0 saturated heterocycles. The first-order valence-electron chi connectivity index (χ1n) is 3.60. The highest BCUT2D eigenvalue weighted by Gasteiger charge is 1.90. The predicted octanol–water partition coefficient (Wildman–Crippen LogP) is 2.79. The normalized spacial score (nSPS) is 11.3. The molecule has 57 valence electrons. The van der Waals surface area contributed by atoms with Crippen molar-refractivity contribution in [1.29, 1.82) is 0 Å². The van der Waals surface area contributed by atoms with E-state index in [2.05, 4.69) is 6.07 Å². The van der Waals surface area contributed by atoms with E-state index in [9.17, 15) is 0 Å². The first kappa shape index (κ1) is 7.86. The fourth-order valence-electron chi connectivity index (χ4n) is 0.685. The molecule has 1 radical (unpaired) electrons. The minimum Gasteiger partial charge on any atom is -0.462 e. The molecule has 11 heavy (non-hydrogen) atoms. The Hall–Kier alpha value is -1.24. The van der Waals surface area contributed by atoms with Crippen molar-refractivity contribution in [3.05, 3.63) is 42.2 Å². The van der Waals surface area contributed by atoms with Crippen LogP contribution in [0.5, 0.6) is 5.75 Å². The van der Waals surface area contributed by atoms with Gasteiger partial charge in [0.05, 0.1) is 5.76 Å². The summed E-state index contributed by atoms with van der Waals surface area (Å²) in [6, 6.07) is 10.4. The molecule has 0 aliphatic carbocycles. The Morgan fingerprint density at radius 1 is 1.64 bits per heavy atom. The molecule has 0 N–H and O–H groups in total. The summed E-state index contributed by atoms with van der Waals surface area (Å²) in [4.78, 5) is 0. The average molecular weight is 147 g/mol. The van der Waals surface area contributed by atoms with Gasteiger partial charge in [-0.25, -0.2) is 0 Å². The lowest BCUT2D eigenvalue weighted by molar-refractivity contribution is 0.426. The lowest BCUT2D eigenvalue weighted by atomic mass is 10.3. The maximum absolute atomic E-state index is 5.39. The summed E-state index contributed by atoms with van der Waals surface area (Å²) in [5.41, 5.74) is 0. The summed E-state index contributed by atoms with van der Waals surface area (Å²) < 4.78 is 5.39. The minimum absolute atomic E-state index is 0.836. The van der Waals surface area contributed by atoms with Gasteiger partial charge in [-0.2, -0.15) is 0 Å². The topological polar surface area (TPSA) is 9.23 Å². The van der Waals surface area contributed by atoms with Gasteiger partial charge in [-0.15, -0.1) is 0 Å². The van der Waals surface area contributed by atoms with Gasteiger partial charge in [-0.05, 0) is 38.1 Å². The van der Waals surface area contributed by atoms with Crippen LogP contribution in [0.1, 0.15) is 13.8 Å². The standard InChI is InChI=1S/C10H11O/c1-3-9(2)11-10-7-5-4-6-8-10/h3-5,7-8H,1-2H3. The zero-order chi connectivity index (χ0) is 8.10. The number of allylic oxidation sites excluding steroid dienone is 2. The summed E-state index contributed by atoms with van der Waals surface area (Å²) in [6.07, 6.45) is 1.92. The van der Waals surface area contributed by atoms with E-state index >= 15 is 0 Å². The van der Waals surface area contributed by atoms with Gasteiger partial charge < -0.3 is 4.74 Å². The second-order valence-electron chi connectivity index (χ2n) is 2.24. The van der Waals surface area contributed by atoms with Gasteiger partial charge in [0, 0.05) is 0 Å². The zero-order valence-electron chi connectivity index (χ0n) is 6.79. The van der Waals surface area contributed by atoms with Crippen molar-refractivity contribution in [1.82, 2.24) is 0 Å². The number of benzene rings is 1. The van der Waals surface area contributed by atoms with E-state index < -0.39 is 0 Å². The molecule has 0 fully saturated rings. The van der Waals surface area contributed by atoms with Gasteiger partial charge in [-0.1, -0.05) is 12.1 Å². The van der Waals surface area contributed by atoms with Crippen LogP contribution in [0.15, 0.2) is 36.1 Å². The molecule has 0 amide bonds. The van der Waals surface area contributed by atoms with Gasteiger partial charge in [0.1, 0.15) is 5.75 Å². The molecule has 1 aromatic rings. The number of hydrogen-bond acceptors (Lipinski definition) is 1. The minimum atomic E-state index is 0.836. The fraction of sp³-hybridized carbons (Fsp3) is 0.200. The maximum Gasteiger partial charge on any atom is 0.127 e. The van der Waals surface area contributed by atoms with Crippen LogP contribution < -0.4 is 4.74 Å². The molecule has 0 aliphatic rings. The molecule has 1 nitrogen and oxygen atoms in total. The molecular weight excluding hydrogens is 136 g/mol. The van der Waals surface area contributed by atoms with Crippen molar-refractivity contribution < 1.29 is 4.74 Å². The fourth-order valence-corrected chi connectivity index (χ4v) is 0.685. The first-order valence-corrected chi connectivity index (χ1v) is 3.60. The summed E-state index contributed by atoms with van der Waals surface area (Å²) in [7, 11) is 0. The predicted molar refractivity (Wildman–Crippen MR) is 45.3 cm³/mol. The maximum atomic E-state index is 5.39. The highest BCUT2D eigenvalue weighted by Crippen LogP contribution is 2.11. The van der Waals surface area contributed by atoms with Crippen LogP contribution in [0.2, 0.25) is 0 Å². The molecule has 1 heteroatoms. The molecule has 1 rings (SSSR count). The summed E-state index contributed by atoms with van der Waals surface area (Å²) in [5, 5.41) is 0. The Kier molecular flexibility index (Phi) is 2.73. The van der Waals surface area contributed by atoms with Crippen molar-refractivity contribution in [2.24, 2.45) is 0 Å². The van der Waals surface area contributed by atoms with Crippen molar-refractivity contribution in [2.45, 2.75) is 13.8 Å². The van der Waals surface area contributed by atoms with Crippen molar-refractivity contribution >= 4 is 0 Å². The molecule has 0 aromatic heterocycles. The van der Waals surface area contributed by atoms with E-state index in [-0.39, 0.29) is 0 Å². The highest BCUT2D eigenvalue weighted by atomic mass is 16.5. The summed E-state index contributed by atoms with van der Waals surface area (Å²) >= 11 is 0. The highest BCUT2D eigenvalue weighted by molar-refractivity contribution is 5.22. The van der Waals surface area contributed by atoms with E-state index in [1.54, 1.807) is 0 Å². The third-order valence-corrected chi connectivity index (χ3v) is 1.36. The van der Waals surface area contributed by atoms with Gasteiger partial charge in [0.2, 0.25) is 0 Å². The second-order valence-corrected chi connectivity index (χ2v) is 2.24. The number of rotatable bonds is 2. The quantitative estimate of drug-likeness (QED) is 0.584. The lowest BCUT2D eigenvalue weighted by Crippen LogP contribution is -1.88. The molecule has 0 saturated carbocycles. The molecule has 0 heterocycles. The average Bonchev–Trinajstić information content (AvgIpc) is 2.06. The van der Waals surface area contributed by atoms with E-state index in [1.165, 1.54) is 0 Å². The van der Waals surface area contributed by atoms with E-state index in [0.717, 1.165) is 11.5 Å². The van der Waals surface area contributed by atoms with E-state index in [4.69, 9.17) is 4.74 Å². The summed E-state index contributed by atoms with van der Waals surface area (Å²) in [5.74, 6) is 1.74. The van der Waals surface area contributed by atoms with E-state index in [0.29, 0.717) is 0 Å². The Bertz CT molecular complexity index is 236. The van der Waals surface area contributed by atoms with Crippen molar-refractivity contribution in [3.8, 4) is 5.75 Å². The third kappa shape index (κ3) is 2.46. The van der Waals surface area contributed by atoms with Gasteiger partial charge in [-0.3, -0.25) is 0 Å². The molecule has 0 bridgehead atoms. The van der Waals surface area contributed by atoms with Crippen LogP contribution in [0.3, 0.4) is 0 Å². The molecular formula is C10H11O. The molecule has 0 aliphatic heterocycles. The zero-order valence-corrected chi connectivity index (χ0v) is 6.79. The lowest BCUT2D eigenvalue weighted by Gasteiger charge is -2.03. The monoisotopic (exact) mass is 147 g/mol. The Morgan fingerprint density at radius 3 is 3.00 bits per heavy atom. The van der Waals surface area contributed by atoms with Crippen LogP contribution >= 0.6 is 0 Å². The van der Waals surface area contributed by atoms with Crippen molar-refractivity contribution in [3.63, 3.8) is 0 Å². The van der Waals surface area contributed by atoms with Gasteiger partial charge in [0.15, 0.2) is 0 Å². The summed E-state index contributed by atoms with van der Waals surface area (Å²) in [6.45, 7) is 3.87. The van der Waals surface area contributed by atoms with Crippen LogP contribution in [0.25, 0.3) is 0 Å². The Morgan fingerprint density at radius 2 is 2.45 bits per heavy atom. The number of ether oxygens (including phenoxy) is 1. The van der Waals surface area contributed by atoms with E-state index in [1.807, 2.05) is 44.2 Å². The van der Waals surface area contributed by atoms with Gasteiger partial charge in [0.25, 0.3) is 0 Å². The molecule has 1 aromatic carbocycles. The first-order chi connectivity index (χ1) is 5.33. The Balaban J connectivity index is 2.65. The van der Waals surface area contributed by atoms with Crippen LogP contribution in [0, 0.1) is 6.07 Å². The molecule has 0 unspecified atom stereocenters. The largest absolute Gasteiger partial charge is 0.462 e. The SMILES string of the molecule is CC=C(C)Oc1c[c]ccc1. The third-order valence-electron chi connectivity index (χ3n) is 1.36. The molecule has 0 spiro atoms. The van der Waals surface area contributed by atoms with Crippen LogP contribution in [-0.4, -0.2) is 0 Å². The number of hydrogen-bond donors (Lipinski definition) is 0. The Labute approximate surface area is 67.3 Å². The molecule has 0 atom stereocenters. The smallest absolute Gasteiger partial charge is 0.127 e. The second kappa shape index (κ2) is 3.81. The van der Waals surface area contributed by atoms with Crippen LogP contribution in [-0.2, 0) is 0 Å². The van der Waals surface area contributed by atoms with Gasteiger partial charge >= 0.3 is 0 Å².